The van der Waals surface area contributed by atoms with Gasteiger partial charge in [-0.2, -0.15) is 5.10 Å². The number of aliphatic hydroxyl groups excluding tert-OH is 1. The maximum absolute atomic E-state index is 13.7. The van der Waals surface area contributed by atoms with E-state index in [1.54, 1.807) is 16.6 Å². The second kappa shape index (κ2) is 9.70. The number of halogens is 2. The lowest BCUT2D eigenvalue weighted by Gasteiger charge is -2.25. The molecule has 8 heteroatoms. The summed E-state index contributed by atoms with van der Waals surface area (Å²) in [4.78, 5) is 7.19. The molecule has 4 aromatic rings. The predicted octanol–water partition coefficient (Wildman–Crippen LogP) is 5.35. The van der Waals surface area contributed by atoms with E-state index in [0.29, 0.717) is 23.9 Å². The van der Waals surface area contributed by atoms with Gasteiger partial charge in [-0.15, -0.1) is 0 Å². The van der Waals surface area contributed by atoms with E-state index < -0.39 is 0 Å². The summed E-state index contributed by atoms with van der Waals surface area (Å²) in [7, 11) is 0. The molecule has 1 fully saturated rings. The lowest BCUT2D eigenvalue weighted by molar-refractivity contribution is 0.131. The van der Waals surface area contributed by atoms with E-state index >= 15 is 0 Å². The van der Waals surface area contributed by atoms with E-state index in [2.05, 4.69) is 4.90 Å². The first kappa shape index (κ1) is 22.8. The molecule has 1 aliphatic rings. The predicted molar refractivity (Wildman–Crippen MR) is 132 cm³/mol. The van der Waals surface area contributed by atoms with Gasteiger partial charge in [0, 0.05) is 29.8 Å². The second-order valence-corrected chi connectivity index (χ2v) is 8.82. The number of hydrogen-bond donors (Lipinski definition) is 1. The van der Waals surface area contributed by atoms with E-state index in [4.69, 9.17) is 26.4 Å². The Labute approximate surface area is 202 Å². The first-order valence-electron chi connectivity index (χ1n) is 11.5. The van der Waals surface area contributed by atoms with Crippen molar-refractivity contribution in [2.24, 2.45) is 0 Å². The summed E-state index contributed by atoms with van der Waals surface area (Å²) in [6.45, 7) is 3.72. The van der Waals surface area contributed by atoms with Crippen LogP contribution < -0.4 is 4.90 Å². The molecule has 176 valence electrons. The van der Waals surface area contributed by atoms with Crippen molar-refractivity contribution in [1.29, 1.82) is 0 Å². The minimum Gasteiger partial charge on any atom is -0.394 e. The Morgan fingerprint density at radius 2 is 1.85 bits per heavy atom. The Morgan fingerprint density at radius 3 is 2.56 bits per heavy atom. The van der Waals surface area contributed by atoms with Crippen LogP contribution in [0, 0.1) is 5.82 Å². The fourth-order valence-corrected chi connectivity index (χ4v) is 4.69. The number of fused-ring (bicyclic) bond motifs is 1. The van der Waals surface area contributed by atoms with Gasteiger partial charge in [-0.05, 0) is 61.7 Å². The highest BCUT2D eigenvalue weighted by Gasteiger charge is 2.28. The molecule has 5 rings (SSSR count). The molecule has 1 aliphatic heterocycles. The maximum atomic E-state index is 13.7. The van der Waals surface area contributed by atoms with E-state index in [0.717, 1.165) is 53.3 Å². The lowest BCUT2D eigenvalue weighted by atomic mass is 10.1. The van der Waals surface area contributed by atoms with Crippen molar-refractivity contribution in [2.45, 2.75) is 32.4 Å². The quantitative estimate of drug-likeness (QED) is 0.386. The standard InChI is InChI=1S/C26H26ClFN4O2/c1-2-34-16-22-25(18-5-9-19(27)10-6-18)26-29-24(31-13-3-4-21(31)15-33)14-23(32(26)30-22)17-7-11-20(28)12-8-17/h5-12,14,21,33H,2-4,13,15-16H2,1H3. The van der Waals surface area contributed by atoms with Crippen molar-refractivity contribution in [1.82, 2.24) is 14.6 Å². The number of benzene rings is 2. The largest absolute Gasteiger partial charge is 0.394 e. The van der Waals surface area contributed by atoms with Crippen LogP contribution in [-0.2, 0) is 11.3 Å². The summed E-state index contributed by atoms with van der Waals surface area (Å²) >= 11 is 6.15. The highest BCUT2D eigenvalue weighted by atomic mass is 35.5. The van der Waals surface area contributed by atoms with E-state index in [-0.39, 0.29) is 18.5 Å². The van der Waals surface area contributed by atoms with Gasteiger partial charge < -0.3 is 14.7 Å². The lowest BCUT2D eigenvalue weighted by Crippen LogP contribution is -2.32. The van der Waals surface area contributed by atoms with Crippen LogP contribution in [0.5, 0.6) is 0 Å². The molecule has 0 saturated carbocycles. The van der Waals surface area contributed by atoms with Gasteiger partial charge in [0.2, 0.25) is 0 Å². The van der Waals surface area contributed by atoms with Crippen LogP contribution in [0.15, 0.2) is 54.6 Å². The van der Waals surface area contributed by atoms with Crippen LogP contribution in [0.4, 0.5) is 10.2 Å². The highest BCUT2D eigenvalue weighted by molar-refractivity contribution is 6.30. The van der Waals surface area contributed by atoms with Gasteiger partial charge in [-0.25, -0.2) is 13.9 Å². The van der Waals surface area contributed by atoms with Gasteiger partial charge in [-0.1, -0.05) is 23.7 Å². The zero-order valence-electron chi connectivity index (χ0n) is 18.9. The minimum atomic E-state index is -0.298. The van der Waals surface area contributed by atoms with Gasteiger partial charge in [0.15, 0.2) is 5.65 Å². The molecule has 0 bridgehead atoms. The normalized spacial score (nSPS) is 16.0. The number of aliphatic hydroxyl groups is 1. The van der Waals surface area contributed by atoms with Crippen molar-refractivity contribution in [3.63, 3.8) is 0 Å². The average molecular weight is 481 g/mol. The average Bonchev–Trinajstić information content (AvgIpc) is 3.47. The molecule has 0 aliphatic carbocycles. The number of aromatic nitrogens is 3. The summed E-state index contributed by atoms with van der Waals surface area (Å²) in [6, 6.07) is 15.9. The number of nitrogens with zero attached hydrogens (tertiary/aromatic N) is 4. The van der Waals surface area contributed by atoms with Gasteiger partial charge in [0.05, 0.1) is 36.2 Å². The van der Waals surface area contributed by atoms with Gasteiger partial charge in [0.25, 0.3) is 0 Å². The summed E-state index contributed by atoms with van der Waals surface area (Å²) in [5.74, 6) is 0.468. The molecule has 1 N–H and O–H groups in total. The van der Waals surface area contributed by atoms with Crippen LogP contribution in [0.3, 0.4) is 0 Å². The molecule has 0 spiro atoms. The molecule has 6 nitrogen and oxygen atoms in total. The Balaban J connectivity index is 1.78. The zero-order chi connectivity index (χ0) is 23.7. The third-order valence-electron chi connectivity index (χ3n) is 6.25. The Morgan fingerprint density at radius 1 is 1.12 bits per heavy atom. The summed E-state index contributed by atoms with van der Waals surface area (Å²) in [6.07, 6.45) is 1.90. The first-order valence-corrected chi connectivity index (χ1v) is 11.9. The zero-order valence-corrected chi connectivity index (χ0v) is 19.7. The molecule has 2 aromatic heterocycles. The summed E-state index contributed by atoms with van der Waals surface area (Å²) in [5, 5.41) is 15.5. The summed E-state index contributed by atoms with van der Waals surface area (Å²) in [5.41, 5.74) is 4.86. The smallest absolute Gasteiger partial charge is 0.166 e. The van der Waals surface area contributed by atoms with Crippen molar-refractivity contribution in [2.75, 3.05) is 24.7 Å². The molecule has 2 aromatic carbocycles. The molecule has 0 amide bonds. The van der Waals surface area contributed by atoms with Crippen molar-refractivity contribution in [3.05, 3.63) is 71.1 Å². The maximum Gasteiger partial charge on any atom is 0.166 e. The Kier molecular flexibility index (Phi) is 6.50. The number of rotatable bonds is 7. The van der Waals surface area contributed by atoms with E-state index in [1.807, 2.05) is 37.3 Å². The van der Waals surface area contributed by atoms with Gasteiger partial charge in [0.1, 0.15) is 11.6 Å². The number of anilines is 1. The number of ether oxygens (including phenoxy) is 1. The van der Waals surface area contributed by atoms with Crippen molar-refractivity contribution in [3.8, 4) is 22.4 Å². The van der Waals surface area contributed by atoms with Crippen LogP contribution in [0.1, 0.15) is 25.5 Å². The molecular weight excluding hydrogens is 455 g/mol. The summed E-state index contributed by atoms with van der Waals surface area (Å²) < 4.78 is 21.2. The van der Waals surface area contributed by atoms with Gasteiger partial charge in [-0.3, -0.25) is 0 Å². The number of hydrogen-bond acceptors (Lipinski definition) is 5. The molecule has 0 radical (unpaired) electrons. The third-order valence-corrected chi connectivity index (χ3v) is 6.50. The highest BCUT2D eigenvalue weighted by Crippen LogP contribution is 2.35. The van der Waals surface area contributed by atoms with Gasteiger partial charge >= 0.3 is 0 Å². The molecule has 34 heavy (non-hydrogen) atoms. The second-order valence-electron chi connectivity index (χ2n) is 8.38. The van der Waals surface area contributed by atoms with Crippen molar-refractivity contribution >= 4 is 23.1 Å². The fraction of sp³-hybridized carbons (Fsp3) is 0.308. The Hall–Kier alpha value is -3.00. The fourth-order valence-electron chi connectivity index (χ4n) is 4.56. The minimum absolute atomic E-state index is 0.0146. The van der Waals surface area contributed by atoms with Crippen molar-refractivity contribution < 1.29 is 14.2 Å². The Bertz CT molecular complexity index is 1290. The van der Waals surface area contributed by atoms with E-state index in [9.17, 15) is 9.50 Å². The van der Waals surface area contributed by atoms with Crippen LogP contribution >= 0.6 is 11.6 Å². The SMILES string of the molecule is CCOCc1nn2c(-c3ccc(F)cc3)cc(N3CCCC3CO)nc2c1-c1ccc(Cl)cc1. The van der Waals surface area contributed by atoms with Crippen LogP contribution in [-0.4, -0.2) is 45.5 Å². The molecular formula is C26H26ClFN4O2. The monoisotopic (exact) mass is 480 g/mol. The van der Waals surface area contributed by atoms with Crippen LogP contribution in [0.2, 0.25) is 5.02 Å². The first-order chi connectivity index (χ1) is 16.6. The topological polar surface area (TPSA) is 62.9 Å². The molecule has 3 heterocycles. The molecule has 1 unspecified atom stereocenters. The van der Waals surface area contributed by atoms with Crippen LogP contribution in [0.25, 0.3) is 28.0 Å². The van der Waals surface area contributed by atoms with E-state index in [1.165, 1.54) is 12.1 Å². The molecule has 1 atom stereocenters. The third kappa shape index (κ3) is 4.27. The molecule has 1 saturated heterocycles.